The average Bonchev–Trinajstić information content (AvgIpc) is 2.48. The van der Waals surface area contributed by atoms with Gasteiger partial charge in [0, 0.05) is 6.54 Å². The van der Waals surface area contributed by atoms with Gasteiger partial charge in [-0.15, -0.1) is 0 Å². The quantitative estimate of drug-likeness (QED) is 0.812. The number of halogens is 2. The van der Waals surface area contributed by atoms with Crippen molar-refractivity contribution in [2.45, 2.75) is 44.9 Å². The van der Waals surface area contributed by atoms with Crippen molar-refractivity contribution in [3.63, 3.8) is 0 Å². The van der Waals surface area contributed by atoms with E-state index in [2.05, 4.69) is 10.1 Å². The summed E-state index contributed by atoms with van der Waals surface area (Å²) in [5.41, 5.74) is 0.940. The van der Waals surface area contributed by atoms with E-state index in [1.165, 1.54) is 13.2 Å². The summed E-state index contributed by atoms with van der Waals surface area (Å²) in [4.78, 5) is 0. The van der Waals surface area contributed by atoms with Crippen LogP contribution in [0.15, 0.2) is 18.2 Å². The molecule has 1 fully saturated rings. The summed E-state index contributed by atoms with van der Waals surface area (Å²) in [5.74, 6) is 0.830. The minimum absolute atomic E-state index is 0.0386. The monoisotopic (exact) mass is 315 g/mol. The van der Waals surface area contributed by atoms with Crippen molar-refractivity contribution in [2.24, 2.45) is 5.92 Å². The molecule has 0 aliphatic heterocycles. The van der Waals surface area contributed by atoms with Crippen LogP contribution in [0.1, 0.15) is 31.2 Å². The first-order chi connectivity index (χ1) is 10.6. The zero-order chi connectivity index (χ0) is 15.9. The molecule has 2 rings (SSSR count). The smallest absolute Gasteiger partial charge is 0.387 e. The molecule has 0 radical (unpaired) electrons. The van der Waals surface area contributed by atoms with Gasteiger partial charge in [-0.1, -0.05) is 12.5 Å². The van der Waals surface area contributed by atoms with Crippen molar-refractivity contribution in [1.82, 2.24) is 5.32 Å². The fraction of sp³-hybridized carbons (Fsp3) is 0.625. The van der Waals surface area contributed by atoms with E-state index in [1.807, 2.05) is 0 Å². The first-order valence-corrected chi connectivity index (χ1v) is 7.59. The van der Waals surface area contributed by atoms with Crippen molar-refractivity contribution < 1.29 is 23.4 Å². The molecule has 2 unspecified atom stereocenters. The third kappa shape index (κ3) is 5.10. The van der Waals surface area contributed by atoms with Gasteiger partial charge in [-0.25, -0.2) is 0 Å². The molecule has 1 saturated carbocycles. The maximum absolute atomic E-state index is 12.3. The van der Waals surface area contributed by atoms with E-state index in [-0.39, 0.29) is 11.9 Å². The molecule has 1 aromatic carbocycles. The van der Waals surface area contributed by atoms with Crippen LogP contribution in [0.4, 0.5) is 8.78 Å². The van der Waals surface area contributed by atoms with Gasteiger partial charge >= 0.3 is 6.61 Å². The number of aliphatic hydroxyl groups is 1. The van der Waals surface area contributed by atoms with Gasteiger partial charge in [0.25, 0.3) is 0 Å². The summed E-state index contributed by atoms with van der Waals surface area (Å²) in [5, 5.41) is 13.0. The molecule has 6 heteroatoms. The lowest BCUT2D eigenvalue weighted by Gasteiger charge is -2.26. The lowest BCUT2D eigenvalue weighted by atomic mass is 9.87. The van der Waals surface area contributed by atoms with Gasteiger partial charge in [-0.2, -0.15) is 8.78 Å². The van der Waals surface area contributed by atoms with Crippen LogP contribution in [0.5, 0.6) is 11.5 Å². The number of hydrogen-bond acceptors (Lipinski definition) is 4. The summed E-state index contributed by atoms with van der Waals surface area (Å²) in [7, 11) is 1.42. The highest BCUT2D eigenvalue weighted by molar-refractivity contribution is 5.42. The number of ether oxygens (including phenoxy) is 2. The average molecular weight is 315 g/mol. The molecule has 2 atom stereocenters. The molecular formula is C16H23F2NO3. The number of aliphatic hydroxyl groups excluding tert-OH is 1. The van der Waals surface area contributed by atoms with Crippen LogP contribution in [-0.2, 0) is 6.54 Å². The van der Waals surface area contributed by atoms with Gasteiger partial charge in [0.1, 0.15) is 0 Å². The molecule has 4 nitrogen and oxygen atoms in total. The zero-order valence-corrected chi connectivity index (χ0v) is 12.7. The van der Waals surface area contributed by atoms with Crippen LogP contribution >= 0.6 is 0 Å². The Hall–Kier alpha value is -1.40. The Kier molecular flexibility index (Phi) is 6.39. The Balaban J connectivity index is 1.84. The molecule has 0 saturated heterocycles. The van der Waals surface area contributed by atoms with Gasteiger partial charge in [-0.3, -0.25) is 0 Å². The molecule has 0 bridgehead atoms. The summed E-state index contributed by atoms with van der Waals surface area (Å²) >= 11 is 0. The van der Waals surface area contributed by atoms with Crippen LogP contribution < -0.4 is 14.8 Å². The van der Waals surface area contributed by atoms with Crippen molar-refractivity contribution >= 4 is 0 Å². The maximum atomic E-state index is 12.3. The minimum Gasteiger partial charge on any atom is -0.493 e. The fourth-order valence-corrected chi connectivity index (χ4v) is 2.88. The Bertz CT molecular complexity index is 471. The lowest BCUT2D eigenvalue weighted by molar-refractivity contribution is -0.0512. The van der Waals surface area contributed by atoms with E-state index < -0.39 is 6.61 Å². The number of alkyl halides is 2. The minimum atomic E-state index is -2.87. The van der Waals surface area contributed by atoms with Crippen LogP contribution in [0.25, 0.3) is 0 Å². The topological polar surface area (TPSA) is 50.7 Å². The number of methoxy groups -OCH3 is 1. The van der Waals surface area contributed by atoms with Crippen LogP contribution in [0.2, 0.25) is 0 Å². The molecule has 1 aromatic rings. The third-order valence-electron chi connectivity index (χ3n) is 3.96. The summed E-state index contributed by atoms with van der Waals surface area (Å²) in [6, 6.07) is 4.93. The van der Waals surface area contributed by atoms with E-state index >= 15 is 0 Å². The Morgan fingerprint density at radius 2 is 2.14 bits per heavy atom. The van der Waals surface area contributed by atoms with Gasteiger partial charge in [0.15, 0.2) is 11.5 Å². The fourth-order valence-electron chi connectivity index (χ4n) is 2.88. The number of nitrogens with one attached hydrogen (secondary N) is 1. The molecule has 1 aliphatic carbocycles. The molecule has 0 aromatic heterocycles. The molecule has 0 heterocycles. The standard InChI is InChI=1S/C16H23F2NO3/c1-21-15-8-12(5-6-14(15)22-16(17)18)10-19-9-11-3-2-4-13(20)7-11/h5-6,8,11,13,16,19-20H,2-4,7,9-10H2,1H3. The SMILES string of the molecule is COc1cc(CNCC2CCCC(O)C2)ccc1OC(F)F. The van der Waals surface area contributed by atoms with Gasteiger partial charge in [0.2, 0.25) is 0 Å². The molecule has 1 aliphatic rings. The van der Waals surface area contributed by atoms with E-state index in [4.69, 9.17) is 4.74 Å². The third-order valence-corrected chi connectivity index (χ3v) is 3.96. The normalized spacial score (nSPS) is 21.9. The highest BCUT2D eigenvalue weighted by Gasteiger charge is 2.19. The second-order valence-corrected chi connectivity index (χ2v) is 5.68. The summed E-state index contributed by atoms with van der Waals surface area (Å²) < 4.78 is 34.0. The van der Waals surface area contributed by atoms with Crippen molar-refractivity contribution in [1.29, 1.82) is 0 Å². The van der Waals surface area contributed by atoms with E-state index in [0.717, 1.165) is 37.8 Å². The van der Waals surface area contributed by atoms with Crippen LogP contribution in [0, 0.1) is 5.92 Å². The molecule has 2 N–H and O–H groups in total. The van der Waals surface area contributed by atoms with Crippen molar-refractivity contribution in [3.05, 3.63) is 23.8 Å². The molecule has 22 heavy (non-hydrogen) atoms. The molecule has 124 valence electrons. The van der Waals surface area contributed by atoms with Crippen molar-refractivity contribution in [2.75, 3.05) is 13.7 Å². The van der Waals surface area contributed by atoms with E-state index in [0.29, 0.717) is 18.2 Å². The van der Waals surface area contributed by atoms with E-state index in [1.54, 1.807) is 12.1 Å². The number of rotatable bonds is 7. The second kappa shape index (κ2) is 8.29. The number of hydrogen-bond donors (Lipinski definition) is 2. The van der Waals surface area contributed by atoms with E-state index in [9.17, 15) is 13.9 Å². The molecular weight excluding hydrogens is 292 g/mol. The van der Waals surface area contributed by atoms with Crippen LogP contribution in [-0.4, -0.2) is 31.5 Å². The Labute approximate surface area is 129 Å². The second-order valence-electron chi connectivity index (χ2n) is 5.68. The maximum Gasteiger partial charge on any atom is 0.387 e. The first kappa shape index (κ1) is 17.0. The lowest BCUT2D eigenvalue weighted by Crippen LogP contribution is -2.28. The number of benzene rings is 1. The largest absolute Gasteiger partial charge is 0.493 e. The van der Waals surface area contributed by atoms with Crippen molar-refractivity contribution in [3.8, 4) is 11.5 Å². The Morgan fingerprint density at radius 3 is 2.82 bits per heavy atom. The first-order valence-electron chi connectivity index (χ1n) is 7.59. The summed E-state index contributed by atoms with van der Waals surface area (Å²) in [6.07, 6.45) is 3.78. The highest BCUT2D eigenvalue weighted by Crippen LogP contribution is 2.29. The highest BCUT2D eigenvalue weighted by atomic mass is 19.3. The predicted molar refractivity (Wildman–Crippen MR) is 79.3 cm³/mol. The molecule has 0 spiro atoms. The summed E-state index contributed by atoms with van der Waals surface area (Å²) in [6.45, 7) is -1.40. The predicted octanol–water partition coefficient (Wildman–Crippen LogP) is 2.94. The van der Waals surface area contributed by atoms with Gasteiger partial charge in [-0.05, 0) is 49.4 Å². The van der Waals surface area contributed by atoms with Gasteiger partial charge < -0.3 is 19.9 Å². The van der Waals surface area contributed by atoms with Crippen LogP contribution in [0.3, 0.4) is 0 Å². The zero-order valence-electron chi connectivity index (χ0n) is 12.7. The Morgan fingerprint density at radius 1 is 1.32 bits per heavy atom. The van der Waals surface area contributed by atoms with Gasteiger partial charge in [0.05, 0.1) is 13.2 Å². The molecule has 0 amide bonds.